The zero-order chi connectivity index (χ0) is 14.3. The Morgan fingerprint density at radius 1 is 1.05 bits per heavy atom. The fourth-order valence-corrected chi connectivity index (χ4v) is 2.51. The van der Waals surface area contributed by atoms with Crippen LogP contribution in [0.5, 0.6) is 0 Å². The van der Waals surface area contributed by atoms with Gasteiger partial charge in [-0.1, -0.05) is 41.5 Å². The third kappa shape index (κ3) is 2.21. The Morgan fingerprint density at radius 2 is 1.75 bits per heavy atom. The summed E-state index contributed by atoms with van der Waals surface area (Å²) in [6, 6.07) is 12.3. The lowest BCUT2D eigenvalue weighted by atomic mass is 10.0. The maximum atomic E-state index is 13.6. The second-order valence-electron chi connectivity index (χ2n) is 5.13. The van der Waals surface area contributed by atoms with E-state index < -0.39 is 11.9 Å². The molecule has 1 heterocycles. The Kier molecular flexibility index (Phi) is 3.07. The normalized spacial score (nSPS) is 12.8. The quantitative estimate of drug-likeness (QED) is 0.754. The van der Waals surface area contributed by atoms with Gasteiger partial charge < -0.3 is 9.52 Å². The monoisotopic (exact) mass is 270 g/mol. The molecule has 20 heavy (non-hydrogen) atoms. The zero-order valence-corrected chi connectivity index (χ0v) is 11.4. The fourth-order valence-electron chi connectivity index (χ4n) is 2.51. The first-order chi connectivity index (χ1) is 9.54. The first-order valence-electron chi connectivity index (χ1n) is 6.49. The van der Waals surface area contributed by atoms with Crippen molar-refractivity contribution in [3.8, 4) is 0 Å². The standard InChI is InChI=1S/C17H15FO2/c1-10-6-11(2)8-13(7-10)16(19)15-9-12-4-3-5-14(18)17(12)20-15/h3-9,16,19H,1-2H3. The summed E-state index contributed by atoms with van der Waals surface area (Å²) in [7, 11) is 0. The van der Waals surface area contributed by atoms with Crippen molar-refractivity contribution in [3.63, 3.8) is 0 Å². The number of benzene rings is 2. The number of hydrogen-bond acceptors (Lipinski definition) is 2. The lowest BCUT2D eigenvalue weighted by molar-refractivity contribution is 0.191. The molecule has 2 nitrogen and oxygen atoms in total. The van der Waals surface area contributed by atoms with Crippen LogP contribution in [0.15, 0.2) is 46.9 Å². The van der Waals surface area contributed by atoms with E-state index in [0.717, 1.165) is 16.7 Å². The second-order valence-corrected chi connectivity index (χ2v) is 5.13. The van der Waals surface area contributed by atoms with Gasteiger partial charge in [0.05, 0.1) is 0 Å². The van der Waals surface area contributed by atoms with E-state index in [-0.39, 0.29) is 5.58 Å². The minimum atomic E-state index is -0.889. The highest BCUT2D eigenvalue weighted by Gasteiger charge is 2.17. The van der Waals surface area contributed by atoms with Gasteiger partial charge in [-0.25, -0.2) is 4.39 Å². The van der Waals surface area contributed by atoms with Gasteiger partial charge in [0.25, 0.3) is 0 Å². The minimum Gasteiger partial charge on any atom is -0.455 e. The molecule has 0 saturated heterocycles. The number of aliphatic hydroxyl groups excluding tert-OH is 1. The van der Waals surface area contributed by atoms with Crippen LogP contribution in [0.25, 0.3) is 11.0 Å². The van der Waals surface area contributed by atoms with E-state index in [9.17, 15) is 9.50 Å². The van der Waals surface area contributed by atoms with Crippen molar-refractivity contribution in [3.05, 3.63) is 70.7 Å². The predicted molar refractivity (Wildman–Crippen MR) is 76.1 cm³/mol. The molecular weight excluding hydrogens is 255 g/mol. The topological polar surface area (TPSA) is 33.4 Å². The number of aliphatic hydroxyl groups is 1. The summed E-state index contributed by atoms with van der Waals surface area (Å²) >= 11 is 0. The average Bonchev–Trinajstić information content (AvgIpc) is 2.82. The van der Waals surface area contributed by atoms with Gasteiger partial charge in [0.1, 0.15) is 11.9 Å². The predicted octanol–water partition coefficient (Wildman–Crippen LogP) is 4.27. The first kappa shape index (κ1) is 12.9. The maximum Gasteiger partial charge on any atom is 0.170 e. The van der Waals surface area contributed by atoms with Crippen molar-refractivity contribution in [1.82, 2.24) is 0 Å². The highest BCUT2D eigenvalue weighted by Crippen LogP contribution is 2.30. The third-order valence-corrected chi connectivity index (χ3v) is 3.34. The summed E-state index contributed by atoms with van der Waals surface area (Å²) in [4.78, 5) is 0. The Hall–Kier alpha value is -2.13. The van der Waals surface area contributed by atoms with Crippen molar-refractivity contribution >= 4 is 11.0 Å². The molecule has 0 aliphatic carbocycles. The van der Waals surface area contributed by atoms with E-state index in [2.05, 4.69) is 0 Å². The molecule has 1 N–H and O–H groups in total. The minimum absolute atomic E-state index is 0.186. The molecule has 3 aromatic rings. The van der Waals surface area contributed by atoms with E-state index in [1.54, 1.807) is 18.2 Å². The van der Waals surface area contributed by atoms with Crippen LogP contribution in [0, 0.1) is 19.7 Å². The van der Waals surface area contributed by atoms with E-state index in [1.165, 1.54) is 6.07 Å². The molecular formula is C17H15FO2. The molecule has 0 aliphatic rings. The van der Waals surface area contributed by atoms with Crippen molar-refractivity contribution in [2.24, 2.45) is 0 Å². The molecule has 1 unspecified atom stereocenters. The summed E-state index contributed by atoms with van der Waals surface area (Å²) in [5, 5.41) is 11.1. The van der Waals surface area contributed by atoms with Crippen molar-refractivity contribution in [2.75, 3.05) is 0 Å². The average molecular weight is 270 g/mol. The molecule has 0 bridgehead atoms. The van der Waals surface area contributed by atoms with Crippen LogP contribution in [-0.4, -0.2) is 5.11 Å². The summed E-state index contributed by atoms with van der Waals surface area (Å²) < 4.78 is 19.1. The largest absolute Gasteiger partial charge is 0.455 e. The number of fused-ring (bicyclic) bond motifs is 1. The van der Waals surface area contributed by atoms with Gasteiger partial charge in [0.15, 0.2) is 11.4 Å². The lowest BCUT2D eigenvalue weighted by Crippen LogP contribution is -1.99. The van der Waals surface area contributed by atoms with Gasteiger partial charge in [0.2, 0.25) is 0 Å². The van der Waals surface area contributed by atoms with E-state index in [4.69, 9.17) is 4.42 Å². The highest BCUT2D eigenvalue weighted by molar-refractivity contribution is 5.78. The molecule has 2 aromatic carbocycles. The second kappa shape index (κ2) is 4.76. The van der Waals surface area contributed by atoms with Crippen LogP contribution in [0.4, 0.5) is 4.39 Å². The summed E-state index contributed by atoms with van der Waals surface area (Å²) in [5.74, 6) is -0.0588. The summed E-state index contributed by atoms with van der Waals surface area (Å²) in [5.41, 5.74) is 3.08. The van der Waals surface area contributed by atoms with E-state index in [1.807, 2.05) is 32.0 Å². The molecule has 0 saturated carbocycles. The van der Waals surface area contributed by atoms with Gasteiger partial charge in [-0.15, -0.1) is 0 Å². The number of hydrogen-bond donors (Lipinski definition) is 1. The van der Waals surface area contributed by atoms with Crippen molar-refractivity contribution < 1.29 is 13.9 Å². The van der Waals surface area contributed by atoms with Gasteiger partial charge in [0, 0.05) is 5.39 Å². The highest BCUT2D eigenvalue weighted by atomic mass is 19.1. The molecule has 1 atom stereocenters. The van der Waals surface area contributed by atoms with Crippen LogP contribution < -0.4 is 0 Å². The first-order valence-corrected chi connectivity index (χ1v) is 6.49. The molecule has 0 amide bonds. The van der Waals surface area contributed by atoms with Crippen molar-refractivity contribution in [2.45, 2.75) is 20.0 Å². The Morgan fingerprint density at radius 3 is 2.40 bits per heavy atom. The van der Waals surface area contributed by atoms with Gasteiger partial charge in [-0.3, -0.25) is 0 Å². The van der Waals surface area contributed by atoms with Gasteiger partial charge >= 0.3 is 0 Å². The number of para-hydroxylation sites is 1. The number of halogens is 1. The zero-order valence-electron chi connectivity index (χ0n) is 11.4. The molecule has 0 radical (unpaired) electrons. The maximum absolute atomic E-state index is 13.6. The third-order valence-electron chi connectivity index (χ3n) is 3.34. The van der Waals surface area contributed by atoms with Crippen LogP contribution in [-0.2, 0) is 0 Å². The lowest BCUT2D eigenvalue weighted by Gasteiger charge is -2.10. The van der Waals surface area contributed by atoms with E-state index in [0.29, 0.717) is 11.1 Å². The van der Waals surface area contributed by atoms with Crippen LogP contribution in [0.2, 0.25) is 0 Å². The van der Waals surface area contributed by atoms with Gasteiger partial charge in [-0.2, -0.15) is 0 Å². The van der Waals surface area contributed by atoms with E-state index >= 15 is 0 Å². The molecule has 0 fully saturated rings. The summed E-state index contributed by atoms with van der Waals surface area (Å²) in [6.07, 6.45) is -0.889. The number of furan rings is 1. The molecule has 0 aliphatic heterocycles. The van der Waals surface area contributed by atoms with Crippen LogP contribution in [0.3, 0.4) is 0 Å². The molecule has 102 valence electrons. The number of aryl methyl sites for hydroxylation is 2. The van der Waals surface area contributed by atoms with Crippen LogP contribution >= 0.6 is 0 Å². The van der Waals surface area contributed by atoms with Crippen molar-refractivity contribution in [1.29, 1.82) is 0 Å². The summed E-state index contributed by atoms with van der Waals surface area (Å²) in [6.45, 7) is 3.95. The SMILES string of the molecule is Cc1cc(C)cc(C(O)c2cc3cccc(F)c3o2)c1. The Bertz CT molecular complexity index is 754. The molecule has 3 rings (SSSR count). The molecule has 0 spiro atoms. The Labute approximate surface area is 116 Å². The number of rotatable bonds is 2. The molecule has 1 aromatic heterocycles. The van der Waals surface area contributed by atoms with Gasteiger partial charge in [-0.05, 0) is 31.5 Å². The Balaban J connectivity index is 2.07. The smallest absolute Gasteiger partial charge is 0.170 e. The molecule has 3 heteroatoms. The van der Waals surface area contributed by atoms with Crippen LogP contribution in [0.1, 0.15) is 28.6 Å². The fraction of sp³-hybridized carbons (Fsp3) is 0.176.